The second-order valence-electron chi connectivity index (χ2n) is 4.54. The van der Waals surface area contributed by atoms with Crippen LogP contribution >= 0.6 is 0 Å². The van der Waals surface area contributed by atoms with Crippen molar-refractivity contribution in [2.24, 2.45) is 0 Å². The van der Waals surface area contributed by atoms with Crippen LogP contribution in [0.2, 0.25) is 0 Å². The molecule has 2 rings (SSSR count). The molecular formula is C15H16N2O6. The fourth-order valence-corrected chi connectivity index (χ4v) is 1.97. The lowest BCUT2D eigenvalue weighted by Gasteiger charge is -2.05. The Bertz CT molecular complexity index is 737. The summed E-state index contributed by atoms with van der Waals surface area (Å²) in [6, 6.07) is 6.40. The molecule has 0 spiro atoms. The van der Waals surface area contributed by atoms with E-state index in [1.165, 1.54) is 14.2 Å². The summed E-state index contributed by atoms with van der Waals surface area (Å²) in [5.41, 5.74) is 1.06. The van der Waals surface area contributed by atoms with E-state index in [2.05, 4.69) is 5.32 Å². The molecule has 2 aromatic rings. The van der Waals surface area contributed by atoms with E-state index in [0.29, 0.717) is 11.1 Å². The number of carbonyl (C=O) groups is 3. The third-order valence-corrected chi connectivity index (χ3v) is 2.99. The highest BCUT2D eigenvalue weighted by molar-refractivity contribution is 5.98. The van der Waals surface area contributed by atoms with Crippen molar-refractivity contribution in [3.63, 3.8) is 0 Å². The molecule has 23 heavy (non-hydrogen) atoms. The first-order chi connectivity index (χ1) is 11.1. The molecule has 0 radical (unpaired) electrons. The number of furan rings is 1. The van der Waals surface area contributed by atoms with Crippen LogP contribution < -0.4 is 10.6 Å². The number of methoxy groups -OCH3 is 1. The lowest BCUT2D eigenvalue weighted by Crippen LogP contribution is -2.39. The minimum absolute atomic E-state index is 0.0270. The summed E-state index contributed by atoms with van der Waals surface area (Å²) < 4.78 is 15.4. The van der Waals surface area contributed by atoms with E-state index in [4.69, 9.17) is 13.9 Å². The van der Waals surface area contributed by atoms with Crippen molar-refractivity contribution >= 4 is 28.9 Å². The molecule has 122 valence electrons. The molecule has 3 amide bonds. The van der Waals surface area contributed by atoms with Crippen molar-refractivity contribution in [2.45, 2.75) is 6.61 Å². The summed E-state index contributed by atoms with van der Waals surface area (Å²) in [6.45, 7) is -0.443. The molecule has 1 heterocycles. The van der Waals surface area contributed by atoms with Crippen LogP contribution in [0.3, 0.4) is 0 Å². The first kappa shape index (κ1) is 16.5. The summed E-state index contributed by atoms with van der Waals surface area (Å²) in [4.78, 5) is 34.5. The van der Waals surface area contributed by atoms with Crippen molar-refractivity contribution in [2.75, 3.05) is 20.8 Å². The minimum atomic E-state index is -0.805. The van der Waals surface area contributed by atoms with Gasteiger partial charge in [-0.05, 0) is 6.07 Å². The van der Waals surface area contributed by atoms with Gasteiger partial charge in [-0.3, -0.25) is 10.1 Å². The largest absolute Gasteiger partial charge is 0.450 e. The average Bonchev–Trinajstić information content (AvgIpc) is 2.92. The third kappa shape index (κ3) is 3.86. The highest BCUT2D eigenvalue weighted by Gasteiger charge is 2.22. The van der Waals surface area contributed by atoms with Crippen LogP contribution in [0, 0.1) is 0 Å². The number of amides is 3. The number of nitrogens with one attached hydrogen (secondary N) is 2. The van der Waals surface area contributed by atoms with Crippen molar-refractivity contribution in [3.05, 3.63) is 35.6 Å². The molecule has 0 atom stereocenters. The van der Waals surface area contributed by atoms with Gasteiger partial charge in [-0.2, -0.15) is 0 Å². The standard InChI is InChI=1S/C15H16N2O6/c1-16-15(20)17-12(18)8-22-14(19)13-10(7-21-2)9-5-3-4-6-11(9)23-13/h3-6H,7-8H2,1-2H3,(H2,16,17,18,20). The summed E-state index contributed by atoms with van der Waals surface area (Å²) in [7, 11) is 2.85. The van der Waals surface area contributed by atoms with Crippen LogP contribution in [0.4, 0.5) is 4.79 Å². The Balaban J connectivity index is 2.13. The zero-order valence-electron chi connectivity index (χ0n) is 12.7. The van der Waals surface area contributed by atoms with E-state index in [-0.39, 0.29) is 12.4 Å². The predicted octanol–water partition coefficient (Wildman–Crippen LogP) is 1.19. The van der Waals surface area contributed by atoms with Gasteiger partial charge >= 0.3 is 12.0 Å². The number of fused-ring (bicyclic) bond motifs is 1. The van der Waals surface area contributed by atoms with Gasteiger partial charge in [0.15, 0.2) is 6.61 Å². The fraction of sp³-hybridized carbons (Fsp3) is 0.267. The first-order valence-electron chi connectivity index (χ1n) is 6.74. The molecule has 0 bridgehead atoms. The average molecular weight is 320 g/mol. The van der Waals surface area contributed by atoms with E-state index >= 15 is 0 Å². The normalized spacial score (nSPS) is 10.3. The molecule has 1 aromatic heterocycles. The Hall–Kier alpha value is -2.87. The van der Waals surface area contributed by atoms with Gasteiger partial charge < -0.3 is 19.2 Å². The van der Waals surface area contributed by atoms with E-state index in [9.17, 15) is 14.4 Å². The molecule has 0 unspecified atom stereocenters. The zero-order valence-corrected chi connectivity index (χ0v) is 12.7. The van der Waals surface area contributed by atoms with Gasteiger partial charge in [0.25, 0.3) is 5.91 Å². The van der Waals surface area contributed by atoms with E-state index in [0.717, 1.165) is 5.39 Å². The van der Waals surface area contributed by atoms with Gasteiger partial charge in [0.2, 0.25) is 5.76 Å². The number of urea groups is 1. The predicted molar refractivity (Wildman–Crippen MR) is 79.8 cm³/mol. The van der Waals surface area contributed by atoms with Crippen molar-refractivity contribution in [1.82, 2.24) is 10.6 Å². The highest BCUT2D eigenvalue weighted by atomic mass is 16.5. The topological polar surface area (TPSA) is 107 Å². The van der Waals surface area contributed by atoms with Gasteiger partial charge in [-0.25, -0.2) is 9.59 Å². The maximum Gasteiger partial charge on any atom is 0.375 e. The minimum Gasteiger partial charge on any atom is -0.450 e. The smallest absolute Gasteiger partial charge is 0.375 e. The van der Waals surface area contributed by atoms with Crippen LogP contribution in [-0.4, -0.2) is 38.7 Å². The lowest BCUT2D eigenvalue weighted by atomic mass is 10.1. The second-order valence-corrected chi connectivity index (χ2v) is 4.54. The van der Waals surface area contributed by atoms with Crippen molar-refractivity contribution < 1.29 is 28.3 Å². The van der Waals surface area contributed by atoms with Crippen LogP contribution in [0.1, 0.15) is 16.1 Å². The van der Waals surface area contributed by atoms with Gasteiger partial charge in [-0.15, -0.1) is 0 Å². The summed E-state index contributed by atoms with van der Waals surface area (Å²) >= 11 is 0. The number of hydrogen-bond donors (Lipinski definition) is 2. The molecule has 0 aliphatic heterocycles. The molecule has 0 saturated carbocycles. The zero-order chi connectivity index (χ0) is 16.8. The number of ether oxygens (including phenoxy) is 2. The summed E-state index contributed by atoms with van der Waals surface area (Å²) in [6.07, 6.45) is 0. The lowest BCUT2D eigenvalue weighted by molar-refractivity contribution is -0.123. The van der Waals surface area contributed by atoms with Gasteiger partial charge in [-0.1, -0.05) is 18.2 Å². The van der Waals surface area contributed by atoms with Crippen LogP contribution in [-0.2, 0) is 20.9 Å². The molecular weight excluding hydrogens is 304 g/mol. The van der Waals surface area contributed by atoms with E-state index in [1.54, 1.807) is 18.2 Å². The number of carbonyl (C=O) groups excluding carboxylic acids is 3. The highest BCUT2D eigenvalue weighted by Crippen LogP contribution is 2.27. The maximum absolute atomic E-state index is 12.1. The summed E-state index contributed by atoms with van der Waals surface area (Å²) in [5, 5.41) is 4.93. The number of benzene rings is 1. The van der Waals surface area contributed by atoms with Crippen LogP contribution in [0.25, 0.3) is 11.0 Å². The number of para-hydroxylation sites is 1. The van der Waals surface area contributed by atoms with E-state index < -0.39 is 24.5 Å². The van der Waals surface area contributed by atoms with Gasteiger partial charge in [0.1, 0.15) is 5.58 Å². The maximum atomic E-state index is 12.1. The number of esters is 1. The molecule has 8 nitrogen and oxygen atoms in total. The molecule has 0 saturated heterocycles. The number of rotatable bonds is 5. The quantitative estimate of drug-likeness (QED) is 0.801. The number of imide groups is 1. The molecule has 2 N–H and O–H groups in total. The third-order valence-electron chi connectivity index (χ3n) is 2.99. The SMILES string of the molecule is CNC(=O)NC(=O)COC(=O)c1oc2ccccc2c1COC. The molecule has 0 aliphatic rings. The number of hydrogen-bond acceptors (Lipinski definition) is 6. The van der Waals surface area contributed by atoms with Gasteiger partial charge in [0, 0.05) is 25.1 Å². The molecule has 8 heteroatoms. The fourth-order valence-electron chi connectivity index (χ4n) is 1.97. The Kier molecular flexibility index (Phi) is 5.32. The molecule has 1 aromatic carbocycles. The Labute approximate surface area is 131 Å². The van der Waals surface area contributed by atoms with Crippen molar-refractivity contribution in [3.8, 4) is 0 Å². The van der Waals surface area contributed by atoms with Crippen LogP contribution in [0.15, 0.2) is 28.7 Å². The van der Waals surface area contributed by atoms with E-state index in [1.807, 2.05) is 11.4 Å². The molecule has 0 aliphatic carbocycles. The second kappa shape index (κ2) is 7.41. The first-order valence-corrected chi connectivity index (χ1v) is 6.74. The van der Waals surface area contributed by atoms with Crippen molar-refractivity contribution in [1.29, 1.82) is 0 Å². The summed E-state index contributed by atoms with van der Waals surface area (Å²) in [5.74, 6) is -1.58. The Morgan fingerprint density at radius 2 is 1.96 bits per heavy atom. The molecule has 0 fully saturated rings. The Morgan fingerprint density at radius 3 is 2.65 bits per heavy atom. The van der Waals surface area contributed by atoms with Crippen LogP contribution in [0.5, 0.6) is 0 Å². The van der Waals surface area contributed by atoms with Gasteiger partial charge in [0.05, 0.1) is 6.61 Å². The monoisotopic (exact) mass is 320 g/mol. The Morgan fingerprint density at radius 1 is 1.22 bits per heavy atom.